The van der Waals surface area contributed by atoms with Crippen molar-refractivity contribution in [3.8, 4) is 0 Å². The predicted octanol–water partition coefficient (Wildman–Crippen LogP) is 3.61. The van der Waals surface area contributed by atoms with Crippen LogP contribution in [0.5, 0.6) is 0 Å². The first kappa shape index (κ1) is 19.3. The second-order valence-electron chi connectivity index (χ2n) is 5.38. The highest BCUT2D eigenvalue weighted by Crippen LogP contribution is 2.39. The molecule has 0 aliphatic carbocycles. The monoisotopic (exact) mass is 339 g/mol. The summed E-state index contributed by atoms with van der Waals surface area (Å²) in [4.78, 5) is 34.0. The number of unbranched alkanes of at least 4 members (excludes halogenated alkanes) is 2. The number of anilines is 1. The molecule has 0 unspecified atom stereocenters. The van der Waals surface area contributed by atoms with Crippen molar-refractivity contribution in [2.24, 2.45) is 0 Å². The molecule has 24 heavy (non-hydrogen) atoms. The van der Waals surface area contributed by atoms with E-state index in [1.165, 1.54) is 0 Å². The smallest absolute Gasteiger partial charge is 0.336 e. The Morgan fingerprint density at radius 2 is 1.46 bits per heavy atom. The Labute approximate surface area is 139 Å². The molecule has 0 aliphatic rings. The Hall–Kier alpha value is -2.71. The molecule has 0 heterocycles. The molecular formula is C15H21N3O6. The fraction of sp³-hybridized carbons (Fsp3) is 0.533. The van der Waals surface area contributed by atoms with Gasteiger partial charge in [0.25, 0.3) is 0 Å². The maximum Gasteiger partial charge on any atom is 0.336 e. The highest BCUT2D eigenvalue weighted by atomic mass is 16.6. The number of benzene rings is 1. The van der Waals surface area contributed by atoms with Gasteiger partial charge in [-0.1, -0.05) is 26.7 Å². The molecule has 1 N–H and O–H groups in total. The van der Waals surface area contributed by atoms with Crippen LogP contribution in [0.25, 0.3) is 0 Å². The van der Waals surface area contributed by atoms with Gasteiger partial charge in [-0.25, -0.2) is 4.79 Å². The number of carboxylic acid groups (broad SMARTS) is 1. The molecule has 1 aromatic carbocycles. The van der Waals surface area contributed by atoms with Crippen molar-refractivity contribution >= 4 is 23.0 Å². The minimum Gasteiger partial charge on any atom is -0.478 e. The zero-order valence-corrected chi connectivity index (χ0v) is 13.7. The van der Waals surface area contributed by atoms with Crippen LogP contribution in [-0.2, 0) is 0 Å². The molecule has 1 rings (SSSR count). The maximum atomic E-state index is 11.4. The minimum atomic E-state index is -1.44. The van der Waals surface area contributed by atoms with Crippen LogP contribution in [0.4, 0.5) is 17.1 Å². The lowest BCUT2D eigenvalue weighted by molar-refractivity contribution is -0.392. The number of rotatable bonds is 10. The second kappa shape index (κ2) is 8.80. The summed E-state index contributed by atoms with van der Waals surface area (Å²) >= 11 is 0. The number of carbonyl (C=O) groups is 1. The molecule has 0 radical (unpaired) electrons. The lowest BCUT2D eigenvalue weighted by Gasteiger charge is -2.24. The summed E-state index contributed by atoms with van der Waals surface area (Å²) in [5, 5.41) is 31.8. The minimum absolute atomic E-state index is 0.114. The first-order valence-corrected chi connectivity index (χ1v) is 7.78. The molecule has 1 aromatic rings. The van der Waals surface area contributed by atoms with E-state index in [9.17, 15) is 25.0 Å². The van der Waals surface area contributed by atoms with E-state index < -0.39 is 32.8 Å². The third-order valence-electron chi connectivity index (χ3n) is 3.59. The zero-order valence-electron chi connectivity index (χ0n) is 13.7. The number of nitro groups is 2. The van der Waals surface area contributed by atoms with Crippen molar-refractivity contribution in [1.82, 2.24) is 0 Å². The molecule has 0 saturated heterocycles. The molecule has 0 aliphatic heterocycles. The van der Waals surface area contributed by atoms with Crippen LogP contribution in [-0.4, -0.2) is 34.0 Å². The highest BCUT2D eigenvalue weighted by Gasteiger charge is 2.32. The van der Waals surface area contributed by atoms with Crippen molar-refractivity contribution in [2.45, 2.75) is 39.5 Å². The van der Waals surface area contributed by atoms with Gasteiger partial charge in [-0.15, -0.1) is 0 Å². The van der Waals surface area contributed by atoms with Gasteiger partial charge in [0.15, 0.2) is 5.69 Å². The second-order valence-corrected chi connectivity index (χ2v) is 5.38. The van der Waals surface area contributed by atoms with Crippen LogP contribution < -0.4 is 4.90 Å². The van der Waals surface area contributed by atoms with Gasteiger partial charge in [0.1, 0.15) is 0 Å². The number of carboxylic acids is 1. The summed E-state index contributed by atoms with van der Waals surface area (Å²) in [7, 11) is 0. The average molecular weight is 339 g/mol. The number of nitrogens with zero attached hydrogens (tertiary/aromatic N) is 3. The van der Waals surface area contributed by atoms with E-state index in [0.717, 1.165) is 37.8 Å². The van der Waals surface area contributed by atoms with Crippen molar-refractivity contribution < 1.29 is 19.7 Å². The van der Waals surface area contributed by atoms with Crippen LogP contribution in [0.15, 0.2) is 12.1 Å². The summed E-state index contributed by atoms with van der Waals surface area (Å²) < 4.78 is 0. The van der Waals surface area contributed by atoms with Crippen LogP contribution >= 0.6 is 0 Å². The molecule has 0 saturated carbocycles. The van der Waals surface area contributed by atoms with Gasteiger partial charge < -0.3 is 10.0 Å². The first-order valence-electron chi connectivity index (χ1n) is 7.78. The van der Waals surface area contributed by atoms with Gasteiger partial charge in [0, 0.05) is 25.2 Å². The van der Waals surface area contributed by atoms with Crippen molar-refractivity contribution in [3.05, 3.63) is 37.9 Å². The normalized spacial score (nSPS) is 10.4. The Morgan fingerprint density at radius 3 is 1.75 bits per heavy atom. The third-order valence-corrected chi connectivity index (χ3v) is 3.59. The van der Waals surface area contributed by atoms with Gasteiger partial charge in [-0.3, -0.25) is 20.2 Å². The molecule has 132 valence electrons. The van der Waals surface area contributed by atoms with Crippen molar-refractivity contribution in [3.63, 3.8) is 0 Å². The van der Waals surface area contributed by atoms with Gasteiger partial charge >= 0.3 is 17.3 Å². The molecule has 0 aromatic heterocycles. The molecule has 0 amide bonds. The average Bonchev–Trinajstić information content (AvgIpc) is 2.53. The Kier molecular flexibility index (Phi) is 7.09. The molecule has 0 bridgehead atoms. The number of nitro benzene ring substituents is 2. The SMILES string of the molecule is CCCCN(CCCC)c1c([N+](=O)[O-])cc(C(=O)O)cc1[N+](=O)[O-]. The Morgan fingerprint density at radius 1 is 1.04 bits per heavy atom. The summed E-state index contributed by atoms with van der Waals surface area (Å²) in [6.45, 7) is 4.78. The first-order chi connectivity index (χ1) is 11.3. The zero-order chi connectivity index (χ0) is 18.3. The van der Waals surface area contributed by atoms with E-state index in [0.29, 0.717) is 13.1 Å². The van der Waals surface area contributed by atoms with Crippen molar-refractivity contribution in [2.75, 3.05) is 18.0 Å². The van der Waals surface area contributed by atoms with E-state index in [4.69, 9.17) is 5.11 Å². The fourth-order valence-electron chi connectivity index (χ4n) is 2.36. The quantitative estimate of drug-likeness (QED) is 0.509. The molecular weight excluding hydrogens is 318 g/mol. The van der Waals surface area contributed by atoms with E-state index in [1.54, 1.807) is 4.90 Å². The van der Waals surface area contributed by atoms with E-state index in [2.05, 4.69) is 0 Å². The summed E-state index contributed by atoms with van der Waals surface area (Å²) in [5.74, 6) is -1.44. The largest absolute Gasteiger partial charge is 0.478 e. The number of hydrogen-bond acceptors (Lipinski definition) is 6. The highest BCUT2D eigenvalue weighted by molar-refractivity contribution is 5.92. The van der Waals surface area contributed by atoms with Gasteiger partial charge in [-0.05, 0) is 12.8 Å². The summed E-state index contributed by atoms with van der Waals surface area (Å²) in [6, 6.07) is 1.77. The van der Waals surface area contributed by atoms with Gasteiger partial charge in [0.05, 0.1) is 15.4 Å². The van der Waals surface area contributed by atoms with Crippen LogP contribution in [0, 0.1) is 20.2 Å². The van der Waals surface area contributed by atoms with Crippen LogP contribution in [0.3, 0.4) is 0 Å². The molecule has 0 atom stereocenters. The predicted molar refractivity (Wildman–Crippen MR) is 88.7 cm³/mol. The standard InChI is InChI=1S/C15H21N3O6/c1-3-5-7-16(8-6-4-2)14-12(17(21)22)9-11(15(19)20)10-13(14)18(23)24/h9-10H,3-8H2,1-2H3,(H,19,20). The molecule has 0 spiro atoms. The molecule has 0 fully saturated rings. The van der Waals surface area contributed by atoms with Gasteiger partial charge in [-0.2, -0.15) is 0 Å². The van der Waals surface area contributed by atoms with E-state index in [1.807, 2.05) is 13.8 Å². The van der Waals surface area contributed by atoms with Gasteiger partial charge in [0.2, 0.25) is 0 Å². The summed E-state index contributed by atoms with van der Waals surface area (Å²) in [5.41, 5.74) is -1.68. The Bertz CT molecular complexity index is 589. The van der Waals surface area contributed by atoms with Crippen LogP contribution in [0.1, 0.15) is 49.9 Å². The lowest BCUT2D eigenvalue weighted by atomic mass is 10.1. The molecule has 9 heteroatoms. The fourth-order valence-corrected chi connectivity index (χ4v) is 2.36. The van der Waals surface area contributed by atoms with E-state index >= 15 is 0 Å². The van der Waals surface area contributed by atoms with E-state index in [-0.39, 0.29) is 5.69 Å². The van der Waals surface area contributed by atoms with Crippen molar-refractivity contribution in [1.29, 1.82) is 0 Å². The summed E-state index contributed by atoms with van der Waals surface area (Å²) in [6.07, 6.45) is 3.10. The number of aromatic carboxylic acids is 1. The van der Waals surface area contributed by atoms with Crippen LogP contribution in [0.2, 0.25) is 0 Å². The molecule has 9 nitrogen and oxygen atoms in total. The number of hydrogen-bond donors (Lipinski definition) is 1. The maximum absolute atomic E-state index is 11.4. The Balaban J connectivity index is 3.56. The lowest BCUT2D eigenvalue weighted by Crippen LogP contribution is -2.27. The topological polar surface area (TPSA) is 127 Å². The third kappa shape index (κ3) is 4.64.